The third-order valence-electron chi connectivity index (χ3n) is 4.83. The lowest BCUT2D eigenvalue weighted by Gasteiger charge is -2.33. The second kappa shape index (κ2) is 7.61. The van der Waals surface area contributed by atoms with Crippen molar-refractivity contribution in [2.45, 2.75) is 32.2 Å². The van der Waals surface area contributed by atoms with E-state index in [2.05, 4.69) is 15.5 Å². The summed E-state index contributed by atoms with van der Waals surface area (Å²) >= 11 is 0. The SMILES string of the molecule is Cc1ccc(-c2noc([C@H]3CCCCN3C(=O)Nc3ccccc3)n2)cc1. The van der Waals surface area contributed by atoms with Gasteiger partial charge in [0.15, 0.2) is 0 Å². The minimum Gasteiger partial charge on any atom is -0.337 e. The van der Waals surface area contributed by atoms with Gasteiger partial charge in [-0.05, 0) is 38.3 Å². The van der Waals surface area contributed by atoms with Crippen LogP contribution >= 0.6 is 0 Å². The highest BCUT2D eigenvalue weighted by Gasteiger charge is 2.32. The number of aromatic nitrogens is 2. The first kappa shape index (κ1) is 17.3. The van der Waals surface area contributed by atoms with Gasteiger partial charge in [0.05, 0.1) is 0 Å². The zero-order valence-electron chi connectivity index (χ0n) is 15.3. The molecule has 2 amide bonds. The highest BCUT2D eigenvalue weighted by atomic mass is 16.5. The molecule has 1 fully saturated rings. The first-order valence-corrected chi connectivity index (χ1v) is 9.24. The van der Waals surface area contributed by atoms with E-state index < -0.39 is 0 Å². The van der Waals surface area contributed by atoms with Crippen LogP contribution in [0.3, 0.4) is 0 Å². The molecule has 2 aromatic carbocycles. The molecule has 0 saturated carbocycles. The van der Waals surface area contributed by atoms with Gasteiger partial charge in [0.2, 0.25) is 11.7 Å². The number of carbonyl (C=O) groups excluding carboxylic acids is 1. The van der Waals surface area contributed by atoms with Crippen LogP contribution < -0.4 is 5.32 Å². The van der Waals surface area contributed by atoms with E-state index in [0.717, 1.165) is 30.5 Å². The number of urea groups is 1. The van der Waals surface area contributed by atoms with Gasteiger partial charge in [-0.2, -0.15) is 4.98 Å². The predicted molar refractivity (Wildman–Crippen MR) is 103 cm³/mol. The lowest BCUT2D eigenvalue weighted by molar-refractivity contribution is 0.142. The molecule has 2 heterocycles. The number of rotatable bonds is 3. The lowest BCUT2D eigenvalue weighted by atomic mass is 10.0. The monoisotopic (exact) mass is 362 g/mol. The summed E-state index contributed by atoms with van der Waals surface area (Å²) in [5.41, 5.74) is 2.86. The van der Waals surface area contributed by atoms with Gasteiger partial charge in [-0.1, -0.05) is 53.2 Å². The highest BCUT2D eigenvalue weighted by Crippen LogP contribution is 2.31. The fourth-order valence-corrected chi connectivity index (χ4v) is 3.34. The second-order valence-electron chi connectivity index (χ2n) is 6.82. The van der Waals surface area contributed by atoms with E-state index in [-0.39, 0.29) is 12.1 Å². The van der Waals surface area contributed by atoms with Gasteiger partial charge in [0.25, 0.3) is 0 Å². The minimum absolute atomic E-state index is 0.138. The Balaban J connectivity index is 1.54. The zero-order chi connectivity index (χ0) is 18.6. The van der Waals surface area contributed by atoms with Crippen molar-refractivity contribution in [1.82, 2.24) is 15.0 Å². The molecule has 0 spiro atoms. The largest absolute Gasteiger partial charge is 0.337 e. The topological polar surface area (TPSA) is 71.3 Å². The van der Waals surface area contributed by atoms with Gasteiger partial charge in [0, 0.05) is 17.8 Å². The summed E-state index contributed by atoms with van der Waals surface area (Å²) in [6.45, 7) is 2.71. The van der Waals surface area contributed by atoms with E-state index in [1.165, 1.54) is 5.56 Å². The standard InChI is InChI=1S/C21H22N4O2/c1-15-10-12-16(13-11-15)19-23-20(27-24-19)18-9-5-6-14-25(18)21(26)22-17-7-3-2-4-8-17/h2-4,7-8,10-13,18H,5-6,9,14H2,1H3,(H,22,26)/t18-/m1/s1. The first-order valence-electron chi connectivity index (χ1n) is 9.24. The summed E-state index contributed by atoms with van der Waals surface area (Å²) in [5.74, 6) is 1.05. The Morgan fingerprint density at radius 1 is 1.11 bits per heavy atom. The van der Waals surface area contributed by atoms with Crippen molar-refractivity contribution in [1.29, 1.82) is 0 Å². The maximum absolute atomic E-state index is 12.8. The molecule has 27 heavy (non-hydrogen) atoms. The Bertz CT molecular complexity index is 905. The summed E-state index contributed by atoms with van der Waals surface area (Å²) < 4.78 is 5.54. The minimum atomic E-state index is -0.200. The smallest absolute Gasteiger partial charge is 0.322 e. The average molecular weight is 362 g/mol. The number of anilines is 1. The molecular weight excluding hydrogens is 340 g/mol. The predicted octanol–water partition coefficient (Wildman–Crippen LogP) is 4.80. The summed E-state index contributed by atoms with van der Waals surface area (Å²) in [6, 6.07) is 17.1. The normalized spacial score (nSPS) is 16.9. The molecule has 6 nitrogen and oxygen atoms in total. The van der Waals surface area contributed by atoms with E-state index >= 15 is 0 Å². The molecule has 1 atom stereocenters. The third kappa shape index (κ3) is 3.84. The maximum Gasteiger partial charge on any atom is 0.322 e. The van der Waals surface area contributed by atoms with E-state index in [1.54, 1.807) is 4.90 Å². The van der Waals surface area contributed by atoms with Crippen LogP contribution in [0.4, 0.5) is 10.5 Å². The van der Waals surface area contributed by atoms with Gasteiger partial charge >= 0.3 is 6.03 Å². The number of para-hydroxylation sites is 1. The fourth-order valence-electron chi connectivity index (χ4n) is 3.34. The van der Waals surface area contributed by atoms with Gasteiger partial charge in [0.1, 0.15) is 6.04 Å². The molecule has 0 aliphatic carbocycles. The van der Waals surface area contributed by atoms with Gasteiger partial charge in [-0.3, -0.25) is 0 Å². The quantitative estimate of drug-likeness (QED) is 0.726. The zero-order valence-corrected chi connectivity index (χ0v) is 15.3. The van der Waals surface area contributed by atoms with Crippen molar-refractivity contribution in [3.8, 4) is 11.4 Å². The van der Waals surface area contributed by atoms with Crippen molar-refractivity contribution in [2.24, 2.45) is 0 Å². The van der Waals surface area contributed by atoms with Crippen LogP contribution in [0.2, 0.25) is 0 Å². The van der Waals surface area contributed by atoms with E-state index in [0.29, 0.717) is 18.3 Å². The van der Waals surface area contributed by atoms with Crippen LogP contribution in [0.1, 0.15) is 36.8 Å². The number of nitrogens with zero attached hydrogens (tertiary/aromatic N) is 3. The molecule has 0 bridgehead atoms. The van der Waals surface area contributed by atoms with Crippen molar-refractivity contribution in [3.63, 3.8) is 0 Å². The second-order valence-corrected chi connectivity index (χ2v) is 6.82. The van der Waals surface area contributed by atoms with E-state index in [1.807, 2.05) is 61.5 Å². The molecule has 1 aromatic heterocycles. The van der Waals surface area contributed by atoms with Crippen LogP contribution in [0.25, 0.3) is 11.4 Å². The first-order chi connectivity index (χ1) is 13.2. The molecule has 1 saturated heterocycles. The Hall–Kier alpha value is -3.15. The van der Waals surface area contributed by atoms with E-state index in [9.17, 15) is 4.79 Å². The fraction of sp³-hybridized carbons (Fsp3) is 0.286. The van der Waals surface area contributed by atoms with Crippen molar-refractivity contribution >= 4 is 11.7 Å². The number of piperidine rings is 1. The summed E-state index contributed by atoms with van der Waals surface area (Å²) in [7, 11) is 0. The Morgan fingerprint density at radius 2 is 1.89 bits per heavy atom. The molecule has 1 aliphatic rings. The molecule has 4 rings (SSSR count). The summed E-state index contributed by atoms with van der Waals surface area (Å²) in [5, 5.41) is 7.08. The molecule has 3 aromatic rings. The summed E-state index contributed by atoms with van der Waals surface area (Å²) in [6.07, 6.45) is 2.82. The van der Waals surface area contributed by atoms with Crippen LogP contribution in [-0.2, 0) is 0 Å². The van der Waals surface area contributed by atoms with Gasteiger partial charge in [-0.15, -0.1) is 0 Å². The molecule has 1 aliphatic heterocycles. The number of hydrogen-bond acceptors (Lipinski definition) is 4. The lowest BCUT2D eigenvalue weighted by Crippen LogP contribution is -2.41. The number of hydrogen-bond donors (Lipinski definition) is 1. The molecular formula is C21H22N4O2. The van der Waals surface area contributed by atoms with Gasteiger partial charge < -0.3 is 14.7 Å². The highest BCUT2D eigenvalue weighted by molar-refractivity contribution is 5.89. The summed E-state index contributed by atoms with van der Waals surface area (Å²) in [4.78, 5) is 19.2. The molecule has 0 radical (unpaired) electrons. The Morgan fingerprint density at radius 3 is 2.67 bits per heavy atom. The average Bonchev–Trinajstić information content (AvgIpc) is 3.19. The maximum atomic E-state index is 12.8. The van der Waals surface area contributed by atoms with E-state index in [4.69, 9.17) is 4.52 Å². The number of aryl methyl sites for hydroxylation is 1. The van der Waals surface area contributed by atoms with Gasteiger partial charge in [-0.25, -0.2) is 4.79 Å². The van der Waals surface area contributed by atoms with Crippen LogP contribution in [0, 0.1) is 6.92 Å². The number of carbonyl (C=O) groups is 1. The van der Waals surface area contributed by atoms with Crippen molar-refractivity contribution in [3.05, 3.63) is 66.1 Å². The Kier molecular flexibility index (Phi) is 4.87. The number of nitrogens with one attached hydrogen (secondary N) is 1. The molecule has 6 heteroatoms. The molecule has 0 unspecified atom stereocenters. The van der Waals surface area contributed by atoms with Crippen molar-refractivity contribution < 1.29 is 9.32 Å². The van der Waals surface area contributed by atoms with Crippen molar-refractivity contribution in [2.75, 3.05) is 11.9 Å². The number of benzene rings is 2. The number of amides is 2. The molecule has 138 valence electrons. The molecule has 1 N–H and O–H groups in total. The van der Waals surface area contributed by atoms with Crippen LogP contribution in [0.5, 0.6) is 0 Å². The Labute approximate surface area is 158 Å². The van der Waals surface area contributed by atoms with Crippen LogP contribution in [-0.4, -0.2) is 27.6 Å². The van der Waals surface area contributed by atoms with Crippen LogP contribution in [0.15, 0.2) is 59.1 Å². The third-order valence-corrected chi connectivity index (χ3v) is 4.83. The number of likely N-dealkylation sites (tertiary alicyclic amines) is 1.